The van der Waals surface area contributed by atoms with Crippen molar-refractivity contribution in [3.63, 3.8) is 0 Å². The Balaban J connectivity index is 2.42. The zero-order valence-corrected chi connectivity index (χ0v) is 13.7. The van der Waals surface area contributed by atoms with E-state index in [4.69, 9.17) is 4.74 Å². The smallest absolute Gasteiger partial charge is 0.412 e. The fraction of sp³-hybridized carbons (Fsp3) is 0.400. The van der Waals surface area contributed by atoms with Gasteiger partial charge in [-0.3, -0.25) is 10.3 Å². The summed E-state index contributed by atoms with van der Waals surface area (Å²) in [5.74, 6) is -1.13. The molecule has 0 bridgehead atoms. The van der Waals surface area contributed by atoms with E-state index in [-0.39, 0.29) is 10.6 Å². The minimum absolute atomic E-state index is 0.00601. The zero-order chi connectivity index (χ0) is 16.5. The summed E-state index contributed by atoms with van der Waals surface area (Å²) < 4.78 is 5.89. The van der Waals surface area contributed by atoms with Crippen LogP contribution in [-0.2, 0) is 11.2 Å². The van der Waals surface area contributed by atoms with Gasteiger partial charge in [0, 0.05) is 6.20 Å². The summed E-state index contributed by atoms with van der Waals surface area (Å²) in [5, 5.41) is 12.1. The number of hydrogen-bond acceptors (Lipinski definition) is 5. The van der Waals surface area contributed by atoms with E-state index in [0.29, 0.717) is 5.52 Å². The minimum atomic E-state index is -1.13. The van der Waals surface area contributed by atoms with Gasteiger partial charge in [-0.25, -0.2) is 9.59 Å². The lowest BCUT2D eigenvalue weighted by molar-refractivity contribution is 0.0636. The van der Waals surface area contributed by atoms with Crippen LogP contribution in [0.3, 0.4) is 0 Å². The highest BCUT2D eigenvalue weighted by Gasteiger charge is 2.23. The van der Waals surface area contributed by atoms with Crippen LogP contribution in [-0.4, -0.2) is 27.8 Å². The van der Waals surface area contributed by atoms with Gasteiger partial charge in [-0.05, 0) is 38.8 Å². The second-order valence-electron chi connectivity index (χ2n) is 5.78. The summed E-state index contributed by atoms with van der Waals surface area (Å²) in [6.45, 7) is 7.22. The predicted molar refractivity (Wildman–Crippen MR) is 85.8 cm³/mol. The van der Waals surface area contributed by atoms with Gasteiger partial charge < -0.3 is 9.84 Å². The maximum Gasteiger partial charge on any atom is 0.412 e. The highest BCUT2D eigenvalue weighted by Crippen LogP contribution is 2.35. The summed E-state index contributed by atoms with van der Waals surface area (Å²) in [6, 6.07) is 1.89. The van der Waals surface area contributed by atoms with Crippen molar-refractivity contribution in [1.29, 1.82) is 0 Å². The molecule has 0 aliphatic heterocycles. The number of aryl methyl sites for hydroxylation is 1. The number of nitrogens with zero attached hydrogens (tertiary/aromatic N) is 1. The summed E-state index contributed by atoms with van der Waals surface area (Å²) in [7, 11) is 0. The molecular weight excluding hydrogens is 304 g/mol. The molecule has 2 aromatic heterocycles. The summed E-state index contributed by atoms with van der Waals surface area (Å²) >= 11 is 1.18. The Morgan fingerprint density at radius 2 is 2.09 bits per heavy atom. The van der Waals surface area contributed by atoms with Crippen molar-refractivity contribution in [3.8, 4) is 0 Å². The van der Waals surface area contributed by atoms with Crippen LogP contribution in [0.2, 0.25) is 0 Å². The molecule has 7 heteroatoms. The van der Waals surface area contributed by atoms with E-state index in [1.54, 1.807) is 27.0 Å². The first-order valence-electron chi connectivity index (χ1n) is 6.86. The number of ether oxygens (including phenoxy) is 1. The lowest BCUT2D eigenvalue weighted by atomic mass is 10.2. The van der Waals surface area contributed by atoms with Gasteiger partial charge in [0.1, 0.15) is 16.2 Å². The van der Waals surface area contributed by atoms with Gasteiger partial charge in [-0.15, -0.1) is 11.3 Å². The second kappa shape index (κ2) is 5.92. The van der Waals surface area contributed by atoms with Crippen LogP contribution in [0.25, 0.3) is 10.2 Å². The number of carboxylic acids is 1. The molecule has 0 radical (unpaired) electrons. The fourth-order valence-corrected chi connectivity index (χ4v) is 3.00. The van der Waals surface area contributed by atoms with Crippen LogP contribution in [0.5, 0.6) is 0 Å². The number of carbonyl (C=O) groups excluding carboxylic acids is 1. The molecule has 0 atom stereocenters. The number of thiophene rings is 1. The Labute approximate surface area is 132 Å². The van der Waals surface area contributed by atoms with E-state index >= 15 is 0 Å². The molecule has 6 nitrogen and oxygen atoms in total. The van der Waals surface area contributed by atoms with Crippen molar-refractivity contribution < 1.29 is 19.4 Å². The van der Waals surface area contributed by atoms with Crippen molar-refractivity contribution in [2.45, 2.75) is 39.7 Å². The Kier molecular flexibility index (Phi) is 4.37. The maximum absolute atomic E-state index is 11.9. The van der Waals surface area contributed by atoms with Gasteiger partial charge in [0.05, 0.1) is 10.2 Å². The molecule has 0 aromatic carbocycles. The zero-order valence-electron chi connectivity index (χ0n) is 12.9. The molecule has 0 saturated heterocycles. The Morgan fingerprint density at radius 1 is 1.41 bits per heavy atom. The maximum atomic E-state index is 11.9. The molecule has 1 amide bonds. The van der Waals surface area contributed by atoms with Gasteiger partial charge >= 0.3 is 12.1 Å². The van der Waals surface area contributed by atoms with Gasteiger partial charge in [0.2, 0.25) is 0 Å². The minimum Gasteiger partial charge on any atom is -0.478 e. The number of amides is 1. The van der Waals surface area contributed by atoms with Crippen LogP contribution >= 0.6 is 11.3 Å². The van der Waals surface area contributed by atoms with Crippen LogP contribution in [0, 0.1) is 0 Å². The number of carboxylic acid groups (broad SMARTS) is 1. The number of hydrogen-bond donors (Lipinski definition) is 2. The standard InChI is InChI=1S/C15H18N2O4S/c1-5-8-6-9-11(16-7-8)10(13(18)19)12(22-9)17-14(20)21-15(2,3)4/h6-7H,5H2,1-4H3,(H,17,20)(H,18,19). The molecule has 2 rings (SSSR count). The van der Waals surface area contributed by atoms with Gasteiger partial charge in [0.25, 0.3) is 0 Å². The monoisotopic (exact) mass is 322 g/mol. The first kappa shape index (κ1) is 16.2. The van der Waals surface area contributed by atoms with Crippen molar-refractivity contribution in [2.75, 3.05) is 5.32 Å². The lowest BCUT2D eigenvalue weighted by Gasteiger charge is -2.19. The molecule has 118 valence electrons. The first-order chi connectivity index (χ1) is 10.2. The quantitative estimate of drug-likeness (QED) is 0.894. The molecular formula is C15H18N2O4S. The van der Waals surface area contributed by atoms with E-state index in [1.165, 1.54) is 11.3 Å². The normalized spacial score (nSPS) is 11.5. The number of fused-ring (bicyclic) bond motifs is 1. The number of rotatable bonds is 3. The molecule has 0 spiro atoms. The largest absolute Gasteiger partial charge is 0.478 e. The topological polar surface area (TPSA) is 88.5 Å². The number of anilines is 1. The number of aromatic nitrogens is 1. The molecule has 22 heavy (non-hydrogen) atoms. The highest BCUT2D eigenvalue weighted by molar-refractivity contribution is 7.23. The van der Waals surface area contributed by atoms with Gasteiger partial charge in [0.15, 0.2) is 0 Å². The van der Waals surface area contributed by atoms with E-state index in [0.717, 1.165) is 16.7 Å². The third-order valence-electron chi connectivity index (χ3n) is 2.82. The average molecular weight is 322 g/mol. The third-order valence-corrected chi connectivity index (χ3v) is 3.86. The Hall–Kier alpha value is -2.15. The Bertz CT molecular complexity index is 731. The lowest BCUT2D eigenvalue weighted by Crippen LogP contribution is -2.27. The summed E-state index contributed by atoms with van der Waals surface area (Å²) in [5.41, 5.74) is 0.724. The number of carbonyl (C=O) groups is 2. The van der Waals surface area contributed by atoms with Crippen LogP contribution in [0.1, 0.15) is 43.6 Å². The van der Waals surface area contributed by atoms with Crippen molar-refractivity contribution >= 4 is 38.6 Å². The highest BCUT2D eigenvalue weighted by atomic mass is 32.1. The number of nitrogens with one attached hydrogen (secondary N) is 1. The molecule has 0 fully saturated rings. The van der Waals surface area contributed by atoms with Crippen molar-refractivity contribution in [1.82, 2.24) is 4.98 Å². The third kappa shape index (κ3) is 3.54. The molecule has 0 saturated carbocycles. The first-order valence-corrected chi connectivity index (χ1v) is 7.67. The Morgan fingerprint density at radius 3 is 2.64 bits per heavy atom. The SMILES string of the molecule is CCc1cnc2c(C(=O)O)c(NC(=O)OC(C)(C)C)sc2c1. The van der Waals surface area contributed by atoms with E-state index in [9.17, 15) is 14.7 Å². The molecule has 0 aliphatic rings. The van der Waals surface area contributed by atoms with Crippen LogP contribution < -0.4 is 5.32 Å². The van der Waals surface area contributed by atoms with Crippen LogP contribution in [0.4, 0.5) is 9.80 Å². The molecule has 2 N–H and O–H groups in total. The van der Waals surface area contributed by atoms with E-state index < -0.39 is 17.7 Å². The predicted octanol–water partition coefficient (Wildman–Crippen LogP) is 3.90. The molecule has 2 heterocycles. The number of aromatic carboxylic acids is 1. The van der Waals surface area contributed by atoms with E-state index in [1.807, 2.05) is 13.0 Å². The summed E-state index contributed by atoms with van der Waals surface area (Å²) in [4.78, 5) is 27.6. The van der Waals surface area contributed by atoms with Gasteiger partial charge in [-0.2, -0.15) is 0 Å². The van der Waals surface area contributed by atoms with Gasteiger partial charge in [-0.1, -0.05) is 6.92 Å². The van der Waals surface area contributed by atoms with Crippen LogP contribution in [0.15, 0.2) is 12.3 Å². The molecule has 0 unspecified atom stereocenters. The fourth-order valence-electron chi connectivity index (χ4n) is 1.90. The molecule has 2 aromatic rings. The summed E-state index contributed by atoms with van der Waals surface area (Å²) in [6.07, 6.45) is 1.77. The average Bonchev–Trinajstić information content (AvgIpc) is 2.72. The van der Waals surface area contributed by atoms with E-state index in [2.05, 4.69) is 10.3 Å². The van der Waals surface area contributed by atoms with Crippen molar-refractivity contribution in [3.05, 3.63) is 23.4 Å². The molecule has 0 aliphatic carbocycles. The number of pyridine rings is 1. The second-order valence-corrected chi connectivity index (χ2v) is 6.83. The van der Waals surface area contributed by atoms with Crippen molar-refractivity contribution in [2.24, 2.45) is 0 Å².